The third kappa shape index (κ3) is 2.50. The van der Waals surface area contributed by atoms with Gasteiger partial charge >= 0.3 is 0 Å². The van der Waals surface area contributed by atoms with Crippen molar-refractivity contribution in [2.24, 2.45) is 0 Å². The summed E-state index contributed by atoms with van der Waals surface area (Å²) in [5.74, 6) is 0.941. The van der Waals surface area contributed by atoms with Crippen LogP contribution >= 0.6 is 0 Å². The van der Waals surface area contributed by atoms with Gasteiger partial charge in [0, 0.05) is 11.1 Å². The Kier molecular flexibility index (Phi) is 2.88. The number of rotatable bonds is 1. The lowest BCUT2D eigenvalue weighted by Gasteiger charge is -2.28. The first-order chi connectivity index (χ1) is 8.18. The van der Waals surface area contributed by atoms with Crippen LogP contribution in [-0.4, -0.2) is 15.1 Å². The smallest absolute Gasteiger partial charge is 0.204 e. The van der Waals surface area contributed by atoms with E-state index in [0.717, 1.165) is 11.5 Å². The van der Waals surface area contributed by atoms with Crippen molar-refractivity contribution < 1.29 is 0 Å². The number of aromatic nitrogens is 2. The van der Waals surface area contributed by atoms with Gasteiger partial charge in [-0.3, -0.25) is 0 Å². The van der Waals surface area contributed by atoms with Gasteiger partial charge in [0.25, 0.3) is 0 Å². The molecular weight excluding hydrogens is 222 g/mol. The van der Waals surface area contributed by atoms with E-state index in [1.165, 1.54) is 5.52 Å². The van der Waals surface area contributed by atoms with Crippen LogP contribution in [0.5, 0.6) is 0 Å². The molecule has 0 unspecified atom stereocenters. The Labute approximate surface area is 109 Å². The molecule has 0 aliphatic heterocycles. The van der Waals surface area contributed by atoms with E-state index in [1.807, 2.05) is 6.07 Å². The minimum atomic E-state index is 0.00366. The van der Waals surface area contributed by atoms with Crippen molar-refractivity contribution in [2.75, 3.05) is 5.32 Å². The first-order valence-electron chi connectivity index (χ1n) is 6.45. The first-order valence-corrected chi connectivity index (χ1v) is 6.45. The minimum absolute atomic E-state index is 0.00366. The Balaban J connectivity index is 2.65. The van der Waals surface area contributed by atoms with Crippen molar-refractivity contribution in [3.8, 4) is 0 Å². The lowest BCUT2D eigenvalue weighted by atomic mass is 10.1. The molecule has 0 saturated heterocycles. The summed E-state index contributed by atoms with van der Waals surface area (Å²) in [5, 5.41) is 3.50. The van der Waals surface area contributed by atoms with Crippen LogP contribution in [0.15, 0.2) is 24.3 Å². The molecule has 0 fully saturated rings. The van der Waals surface area contributed by atoms with E-state index in [2.05, 4.69) is 69.6 Å². The lowest BCUT2D eigenvalue weighted by molar-refractivity contribution is 0.409. The topological polar surface area (TPSA) is 29.9 Å². The number of nitrogens with zero attached hydrogens (tertiary/aromatic N) is 2. The van der Waals surface area contributed by atoms with Gasteiger partial charge in [-0.2, -0.15) is 0 Å². The maximum absolute atomic E-state index is 4.72. The molecular formula is C15H23N3. The molecule has 0 saturated carbocycles. The quantitative estimate of drug-likeness (QED) is 0.823. The lowest BCUT2D eigenvalue weighted by Crippen LogP contribution is -2.31. The number of para-hydroxylation sites is 2. The highest BCUT2D eigenvalue weighted by molar-refractivity contribution is 5.79. The Morgan fingerprint density at radius 2 is 1.61 bits per heavy atom. The standard InChI is InChI=1S/C15H23N3/c1-14(2,3)17-13-16-11-9-7-8-10-12(11)18(13)15(4,5)6/h7-10H,1-6H3,(H,16,17). The van der Waals surface area contributed by atoms with Crippen molar-refractivity contribution in [3.63, 3.8) is 0 Å². The molecule has 0 aliphatic rings. The van der Waals surface area contributed by atoms with E-state index in [9.17, 15) is 0 Å². The summed E-state index contributed by atoms with van der Waals surface area (Å²) >= 11 is 0. The molecule has 1 aromatic carbocycles. The third-order valence-corrected chi connectivity index (χ3v) is 2.72. The third-order valence-electron chi connectivity index (χ3n) is 2.72. The SMILES string of the molecule is CC(C)(C)Nc1nc2ccccc2n1C(C)(C)C. The van der Waals surface area contributed by atoms with Gasteiger partial charge < -0.3 is 9.88 Å². The van der Waals surface area contributed by atoms with E-state index in [-0.39, 0.29) is 11.1 Å². The monoisotopic (exact) mass is 245 g/mol. The Bertz CT molecular complexity index is 553. The second-order valence-corrected chi connectivity index (χ2v) is 6.81. The van der Waals surface area contributed by atoms with E-state index in [4.69, 9.17) is 4.98 Å². The zero-order chi connectivity index (χ0) is 13.6. The molecule has 0 spiro atoms. The fourth-order valence-electron chi connectivity index (χ4n) is 2.12. The molecule has 1 heterocycles. The zero-order valence-corrected chi connectivity index (χ0v) is 12.2. The van der Waals surface area contributed by atoms with Gasteiger partial charge in [-0.15, -0.1) is 0 Å². The van der Waals surface area contributed by atoms with E-state index in [1.54, 1.807) is 0 Å². The Hall–Kier alpha value is -1.51. The second-order valence-electron chi connectivity index (χ2n) is 6.81. The van der Waals surface area contributed by atoms with Crippen molar-refractivity contribution in [1.29, 1.82) is 0 Å². The predicted molar refractivity (Wildman–Crippen MR) is 78.1 cm³/mol. The van der Waals surface area contributed by atoms with Crippen LogP contribution in [0.1, 0.15) is 41.5 Å². The van der Waals surface area contributed by atoms with Crippen molar-refractivity contribution in [3.05, 3.63) is 24.3 Å². The highest BCUT2D eigenvalue weighted by Crippen LogP contribution is 2.29. The van der Waals surface area contributed by atoms with Crippen LogP contribution in [0.3, 0.4) is 0 Å². The van der Waals surface area contributed by atoms with Gasteiger partial charge in [-0.05, 0) is 53.7 Å². The maximum atomic E-state index is 4.72. The molecule has 0 radical (unpaired) electrons. The van der Waals surface area contributed by atoms with Gasteiger partial charge in [-0.1, -0.05) is 12.1 Å². The summed E-state index contributed by atoms with van der Waals surface area (Å²) in [6.45, 7) is 13.1. The van der Waals surface area contributed by atoms with E-state index >= 15 is 0 Å². The summed E-state index contributed by atoms with van der Waals surface area (Å²) in [6.07, 6.45) is 0. The van der Waals surface area contributed by atoms with Crippen LogP contribution in [0.4, 0.5) is 5.95 Å². The summed E-state index contributed by atoms with van der Waals surface area (Å²) < 4.78 is 2.27. The van der Waals surface area contributed by atoms with Gasteiger partial charge in [0.1, 0.15) is 0 Å². The molecule has 2 aromatic rings. The molecule has 3 heteroatoms. The summed E-state index contributed by atoms with van der Waals surface area (Å²) in [5.41, 5.74) is 2.23. The average Bonchev–Trinajstić information content (AvgIpc) is 2.50. The van der Waals surface area contributed by atoms with Gasteiger partial charge in [0.05, 0.1) is 11.0 Å². The minimum Gasteiger partial charge on any atom is -0.351 e. The molecule has 0 bridgehead atoms. The number of fused-ring (bicyclic) bond motifs is 1. The molecule has 1 N–H and O–H groups in total. The summed E-state index contributed by atoms with van der Waals surface area (Å²) in [7, 11) is 0. The normalized spacial score (nSPS) is 13.0. The maximum Gasteiger partial charge on any atom is 0.204 e. The molecule has 0 atom stereocenters. The van der Waals surface area contributed by atoms with Crippen LogP contribution in [0, 0.1) is 0 Å². The molecule has 3 nitrogen and oxygen atoms in total. The van der Waals surface area contributed by atoms with Crippen LogP contribution in [0.25, 0.3) is 11.0 Å². The predicted octanol–water partition coefficient (Wildman–Crippen LogP) is 4.00. The molecule has 1 aromatic heterocycles. The molecule has 0 aliphatic carbocycles. The van der Waals surface area contributed by atoms with Crippen LogP contribution in [0.2, 0.25) is 0 Å². The average molecular weight is 245 g/mol. The number of hydrogen-bond acceptors (Lipinski definition) is 2. The first kappa shape index (κ1) is 12.9. The van der Waals surface area contributed by atoms with Crippen molar-refractivity contribution >= 4 is 17.0 Å². The van der Waals surface area contributed by atoms with Crippen LogP contribution in [-0.2, 0) is 5.54 Å². The zero-order valence-electron chi connectivity index (χ0n) is 12.2. The second kappa shape index (κ2) is 4.01. The summed E-state index contributed by atoms with van der Waals surface area (Å²) in [4.78, 5) is 4.72. The number of benzene rings is 1. The number of imidazole rings is 1. The van der Waals surface area contributed by atoms with Crippen LogP contribution < -0.4 is 5.32 Å². The van der Waals surface area contributed by atoms with Gasteiger partial charge in [0.15, 0.2) is 0 Å². The Morgan fingerprint density at radius 1 is 1.00 bits per heavy atom. The summed E-state index contributed by atoms with van der Waals surface area (Å²) in [6, 6.07) is 8.28. The molecule has 0 amide bonds. The fourth-order valence-corrected chi connectivity index (χ4v) is 2.12. The van der Waals surface area contributed by atoms with Crippen molar-refractivity contribution in [1.82, 2.24) is 9.55 Å². The largest absolute Gasteiger partial charge is 0.351 e. The molecule has 18 heavy (non-hydrogen) atoms. The van der Waals surface area contributed by atoms with Gasteiger partial charge in [-0.25, -0.2) is 4.98 Å². The highest BCUT2D eigenvalue weighted by atomic mass is 15.3. The number of nitrogens with one attached hydrogen (secondary N) is 1. The molecule has 98 valence electrons. The Morgan fingerprint density at radius 3 is 2.17 bits per heavy atom. The fraction of sp³-hybridized carbons (Fsp3) is 0.533. The van der Waals surface area contributed by atoms with Gasteiger partial charge in [0.2, 0.25) is 5.95 Å². The number of anilines is 1. The van der Waals surface area contributed by atoms with E-state index < -0.39 is 0 Å². The highest BCUT2D eigenvalue weighted by Gasteiger charge is 2.23. The van der Waals surface area contributed by atoms with E-state index in [0.29, 0.717) is 0 Å². The molecule has 2 rings (SSSR count). The number of hydrogen-bond donors (Lipinski definition) is 1. The van der Waals surface area contributed by atoms with Crippen molar-refractivity contribution in [2.45, 2.75) is 52.6 Å².